The van der Waals surface area contributed by atoms with Crippen LogP contribution in [0.4, 0.5) is 5.95 Å². The Morgan fingerprint density at radius 1 is 1.42 bits per heavy atom. The number of rotatable bonds is 2. The molecule has 0 aliphatic carbocycles. The number of fused-ring (bicyclic) bond motifs is 1. The summed E-state index contributed by atoms with van der Waals surface area (Å²) in [4.78, 5) is 13.4. The first kappa shape index (κ1) is 11.8. The van der Waals surface area contributed by atoms with Crippen LogP contribution < -0.4 is 10.6 Å². The van der Waals surface area contributed by atoms with Crippen LogP contribution in [0.25, 0.3) is 0 Å². The van der Waals surface area contributed by atoms with E-state index in [1.165, 1.54) is 15.9 Å². The predicted octanol–water partition coefficient (Wildman–Crippen LogP) is -0.137. The van der Waals surface area contributed by atoms with Gasteiger partial charge in [-0.05, 0) is 22.8 Å². The van der Waals surface area contributed by atoms with E-state index >= 15 is 0 Å². The molecule has 0 unspecified atom stereocenters. The lowest BCUT2D eigenvalue weighted by Gasteiger charge is -2.24. The summed E-state index contributed by atoms with van der Waals surface area (Å²) in [7, 11) is 1.65. The minimum absolute atomic E-state index is 0.137. The molecule has 2 aromatic rings. The van der Waals surface area contributed by atoms with Crippen LogP contribution in [0.3, 0.4) is 0 Å². The van der Waals surface area contributed by atoms with Gasteiger partial charge in [-0.25, -0.2) is 0 Å². The number of hydrogen-bond donors (Lipinski definition) is 2. The van der Waals surface area contributed by atoms with Gasteiger partial charge in [0, 0.05) is 6.54 Å². The molecule has 1 atom stereocenters. The number of tetrazole rings is 1. The molecule has 1 aliphatic rings. The molecule has 0 fully saturated rings. The normalized spacial score (nSPS) is 17.8. The Labute approximate surface area is 110 Å². The molecule has 0 radical (unpaired) electrons. The highest BCUT2D eigenvalue weighted by molar-refractivity contribution is 5.93. The topological polar surface area (TPSA) is 84.7 Å². The maximum Gasteiger partial charge on any atom is 0.270 e. The molecular weight excluding hydrogens is 244 g/mol. The largest absolute Gasteiger partial charge is 0.301 e. The number of aryl methyl sites for hydroxylation is 1. The minimum Gasteiger partial charge on any atom is -0.301 e. The second-order valence-electron chi connectivity index (χ2n) is 4.50. The summed E-state index contributed by atoms with van der Waals surface area (Å²) < 4.78 is 0. The highest BCUT2D eigenvalue weighted by atomic mass is 16.2. The zero-order valence-electron chi connectivity index (χ0n) is 10.5. The van der Waals surface area contributed by atoms with Gasteiger partial charge in [0.15, 0.2) is 0 Å². The summed E-state index contributed by atoms with van der Waals surface area (Å²) >= 11 is 0. The lowest BCUT2D eigenvalue weighted by atomic mass is 9.95. The van der Waals surface area contributed by atoms with Crippen LogP contribution in [0.15, 0.2) is 24.3 Å². The maximum atomic E-state index is 12.1. The Hall–Kier alpha value is -2.28. The molecule has 19 heavy (non-hydrogen) atoms. The Kier molecular flexibility index (Phi) is 2.96. The van der Waals surface area contributed by atoms with Crippen molar-refractivity contribution in [1.82, 2.24) is 25.5 Å². The zero-order chi connectivity index (χ0) is 13.2. The fraction of sp³-hybridized carbons (Fsp3) is 0.333. The monoisotopic (exact) mass is 258 g/mol. The number of carbonyl (C=O) groups is 1. The molecule has 7 heteroatoms. The molecule has 7 nitrogen and oxygen atoms in total. The molecule has 1 aromatic carbocycles. The van der Waals surface area contributed by atoms with Crippen LogP contribution in [0.5, 0.6) is 0 Å². The SMILES string of the molecule is Cn1nnc(NC(=O)[C@@H]2Cc3ccccc3CN2)n1. The maximum absolute atomic E-state index is 12.1. The van der Waals surface area contributed by atoms with Crippen molar-refractivity contribution in [1.29, 1.82) is 0 Å². The summed E-state index contributed by atoms with van der Waals surface area (Å²) in [6, 6.07) is 7.85. The second kappa shape index (κ2) is 4.77. The van der Waals surface area contributed by atoms with Crippen LogP contribution in [0, 0.1) is 0 Å². The highest BCUT2D eigenvalue weighted by Crippen LogP contribution is 2.16. The average molecular weight is 258 g/mol. The first-order valence-electron chi connectivity index (χ1n) is 6.07. The highest BCUT2D eigenvalue weighted by Gasteiger charge is 2.24. The van der Waals surface area contributed by atoms with Gasteiger partial charge in [-0.3, -0.25) is 10.1 Å². The molecule has 98 valence electrons. The van der Waals surface area contributed by atoms with Crippen LogP contribution in [0.1, 0.15) is 11.1 Å². The molecule has 1 amide bonds. The van der Waals surface area contributed by atoms with Gasteiger partial charge in [-0.1, -0.05) is 29.4 Å². The lowest BCUT2D eigenvalue weighted by molar-refractivity contribution is -0.118. The van der Waals surface area contributed by atoms with E-state index in [1.807, 2.05) is 12.1 Å². The fourth-order valence-corrected chi connectivity index (χ4v) is 2.17. The number of hydrogen-bond acceptors (Lipinski definition) is 5. The van der Waals surface area contributed by atoms with Crippen LogP contribution in [-0.2, 0) is 24.8 Å². The molecule has 0 saturated heterocycles. The van der Waals surface area contributed by atoms with E-state index in [9.17, 15) is 4.79 Å². The van der Waals surface area contributed by atoms with Crippen molar-refractivity contribution in [3.05, 3.63) is 35.4 Å². The third-order valence-corrected chi connectivity index (χ3v) is 3.14. The summed E-state index contributed by atoms with van der Waals surface area (Å²) in [5, 5.41) is 17.2. The fourth-order valence-electron chi connectivity index (χ4n) is 2.17. The van der Waals surface area contributed by atoms with Crippen molar-refractivity contribution in [2.24, 2.45) is 7.05 Å². The van der Waals surface area contributed by atoms with Gasteiger partial charge in [0.1, 0.15) is 0 Å². The predicted molar refractivity (Wildman–Crippen MR) is 68.2 cm³/mol. The summed E-state index contributed by atoms with van der Waals surface area (Å²) in [6.45, 7) is 0.697. The molecule has 1 aromatic heterocycles. The molecule has 2 heterocycles. The number of nitrogens with one attached hydrogen (secondary N) is 2. The van der Waals surface area contributed by atoms with E-state index in [0.29, 0.717) is 13.0 Å². The third kappa shape index (κ3) is 2.45. The third-order valence-electron chi connectivity index (χ3n) is 3.14. The van der Waals surface area contributed by atoms with E-state index in [0.717, 1.165) is 0 Å². The number of carbonyl (C=O) groups excluding carboxylic acids is 1. The number of nitrogens with zero attached hydrogens (tertiary/aromatic N) is 4. The molecule has 2 N–H and O–H groups in total. The van der Waals surface area contributed by atoms with E-state index < -0.39 is 0 Å². The van der Waals surface area contributed by atoms with Gasteiger partial charge in [0.25, 0.3) is 5.95 Å². The van der Waals surface area contributed by atoms with E-state index in [-0.39, 0.29) is 17.9 Å². The Bertz CT molecular complexity index is 608. The van der Waals surface area contributed by atoms with Crippen molar-refractivity contribution in [2.45, 2.75) is 19.0 Å². The smallest absolute Gasteiger partial charge is 0.270 e. The average Bonchev–Trinajstić information content (AvgIpc) is 2.83. The van der Waals surface area contributed by atoms with E-state index in [2.05, 4.69) is 38.2 Å². The first-order valence-corrected chi connectivity index (χ1v) is 6.07. The zero-order valence-corrected chi connectivity index (χ0v) is 10.5. The van der Waals surface area contributed by atoms with Gasteiger partial charge in [-0.2, -0.15) is 4.80 Å². The summed E-state index contributed by atoms with van der Waals surface area (Å²) in [5.41, 5.74) is 2.44. The van der Waals surface area contributed by atoms with Crippen LogP contribution >= 0.6 is 0 Å². The van der Waals surface area contributed by atoms with Crippen molar-refractivity contribution in [2.75, 3.05) is 5.32 Å². The standard InChI is InChI=1S/C12H14N6O/c1-18-16-12(15-17-18)14-11(19)10-6-8-4-2-3-5-9(8)7-13-10/h2-5,10,13H,6-7H2,1H3,(H,14,16,19)/t10-/m0/s1. The van der Waals surface area contributed by atoms with Crippen molar-refractivity contribution < 1.29 is 4.79 Å². The van der Waals surface area contributed by atoms with Gasteiger partial charge in [0.05, 0.1) is 13.1 Å². The van der Waals surface area contributed by atoms with Crippen molar-refractivity contribution >= 4 is 11.9 Å². The van der Waals surface area contributed by atoms with E-state index in [4.69, 9.17) is 0 Å². The Balaban J connectivity index is 1.69. The van der Waals surface area contributed by atoms with Gasteiger partial charge >= 0.3 is 0 Å². The Morgan fingerprint density at radius 2 is 2.21 bits per heavy atom. The Morgan fingerprint density at radius 3 is 2.95 bits per heavy atom. The number of amides is 1. The summed E-state index contributed by atoms with van der Waals surface area (Å²) in [6.07, 6.45) is 0.669. The lowest BCUT2D eigenvalue weighted by Crippen LogP contribution is -2.44. The molecule has 3 rings (SSSR count). The number of benzene rings is 1. The van der Waals surface area contributed by atoms with Gasteiger partial charge in [0.2, 0.25) is 5.91 Å². The molecule has 0 bridgehead atoms. The van der Waals surface area contributed by atoms with E-state index in [1.54, 1.807) is 7.05 Å². The molecule has 0 saturated carbocycles. The quantitative estimate of drug-likeness (QED) is 0.783. The van der Waals surface area contributed by atoms with Crippen LogP contribution in [0.2, 0.25) is 0 Å². The van der Waals surface area contributed by atoms with Crippen LogP contribution in [-0.4, -0.2) is 32.2 Å². The van der Waals surface area contributed by atoms with Gasteiger partial charge < -0.3 is 5.32 Å². The summed E-state index contributed by atoms with van der Waals surface area (Å²) in [5.74, 6) is 0.0932. The molecule has 1 aliphatic heterocycles. The van der Waals surface area contributed by atoms with Gasteiger partial charge in [-0.15, -0.1) is 5.10 Å². The number of aromatic nitrogens is 4. The minimum atomic E-state index is -0.265. The molecule has 0 spiro atoms. The van der Waals surface area contributed by atoms with Crippen molar-refractivity contribution in [3.8, 4) is 0 Å². The molecular formula is C12H14N6O. The first-order chi connectivity index (χ1) is 9.22. The number of anilines is 1. The second-order valence-corrected chi connectivity index (χ2v) is 4.50. The van der Waals surface area contributed by atoms with Crippen molar-refractivity contribution in [3.63, 3.8) is 0 Å².